The molecule has 1 unspecified atom stereocenters. The Bertz CT molecular complexity index is 327. The van der Waals surface area contributed by atoms with Gasteiger partial charge in [-0.2, -0.15) is 0 Å². The van der Waals surface area contributed by atoms with E-state index in [1.807, 2.05) is 32.6 Å². The zero-order valence-electron chi connectivity index (χ0n) is 11.0. The van der Waals surface area contributed by atoms with Gasteiger partial charge in [0.2, 0.25) is 5.89 Å². The van der Waals surface area contributed by atoms with Crippen LogP contribution in [0.4, 0.5) is 6.01 Å². The predicted octanol–water partition coefficient (Wildman–Crippen LogP) is 0.947. The molecule has 1 atom stereocenters. The van der Waals surface area contributed by atoms with Gasteiger partial charge >= 0.3 is 6.01 Å². The number of hydrogen-bond acceptors (Lipinski definition) is 6. The highest BCUT2D eigenvalue weighted by Gasteiger charge is 2.19. The summed E-state index contributed by atoms with van der Waals surface area (Å²) >= 11 is 0. The molecule has 0 aliphatic carbocycles. The third-order valence-electron chi connectivity index (χ3n) is 2.52. The van der Waals surface area contributed by atoms with E-state index in [-0.39, 0.29) is 18.7 Å². The summed E-state index contributed by atoms with van der Waals surface area (Å²) in [6, 6.07) is 0.725. The van der Waals surface area contributed by atoms with Crippen LogP contribution in [0.15, 0.2) is 4.42 Å². The smallest absolute Gasteiger partial charge is 0.318 e. The third-order valence-corrected chi connectivity index (χ3v) is 2.52. The minimum absolute atomic E-state index is 0.0457. The highest BCUT2D eigenvalue weighted by Crippen LogP contribution is 2.18. The monoisotopic (exact) mass is 242 g/mol. The highest BCUT2D eigenvalue weighted by molar-refractivity contribution is 5.25. The van der Waals surface area contributed by atoms with Gasteiger partial charge in [0.05, 0.1) is 12.6 Å². The molecule has 6 nitrogen and oxygen atoms in total. The second-order valence-electron chi connectivity index (χ2n) is 4.21. The Hall–Kier alpha value is -1.14. The Labute approximate surface area is 102 Å². The van der Waals surface area contributed by atoms with Crippen molar-refractivity contribution in [2.45, 2.75) is 39.8 Å². The topological polar surface area (TPSA) is 74.4 Å². The van der Waals surface area contributed by atoms with E-state index in [1.54, 1.807) is 0 Å². The van der Waals surface area contributed by atoms with Crippen molar-refractivity contribution in [3.05, 3.63) is 5.89 Å². The van der Waals surface area contributed by atoms with Crippen molar-refractivity contribution in [2.75, 3.05) is 24.6 Å². The maximum absolute atomic E-state index is 9.00. The lowest BCUT2D eigenvalue weighted by Crippen LogP contribution is -2.33. The van der Waals surface area contributed by atoms with Crippen LogP contribution in [0, 0.1) is 0 Å². The molecule has 2 N–H and O–H groups in total. The van der Waals surface area contributed by atoms with Crippen molar-refractivity contribution < 1.29 is 9.52 Å². The van der Waals surface area contributed by atoms with Gasteiger partial charge in [0.15, 0.2) is 0 Å². The molecule has 1 aromatic rings. The highest BCUT2D eigenvalue weighted by atomic mass is 16.4. The molecular formula is C11H22N4O2. The SMILES string of the molecule is CCNC(C)c1nnc(N(CCO)C(C)C)o1. The van der Waals surface area contributed by atoms with E-state index < -0.39 is 0 Å². The van der Waals surface area contributed by atoms with Crippen LogP contribution in [-0.2, 0) is 0 Å². The van der Waals surface area contributed by atoms with E-state index in [4.69, 9.17) is 9.52 Å². The lowest BCUT2D eigenvalue weighted by atomic mass is 10.3. The number of hydrogen-bond donors (Lipinski definition) is 2. The Morgan fingerprint density at radius 2 is 2.06 bits per heavy atom. The first-order valence-corrected chi connectivity index (χ1v) is 6.04. The fourth-order valence-corrected chi connectivity index (χ4v) is 1.59. The average Bonchev–Trinajstić information content (AvgIpc) is 2.74. The summed E-state index contributed by atoms with van der Waals surface area (Å²) in [4.78, 5) is 1.88. The second kappa shape index (κ2) is 6.56. The van der Waals surface area contributed by atoms with Gasteiger partial charge in [-0.05, 0) is 27.3 Å². The first kappa shape index (κ1) is 13.9. The summed E-state index contributed by atoms with van der Waals surface area (Å²) in [5.41, 5.74) is 0. The summed E-state index contributed by atoms with van der Waals surface area (Å²) in [6.07, 6.45) is 0. The number of rotatable bonds is 7. The third kappa shape index (κ3) is 3.67. The van der Waals surface area contributed by atoms with E-state index in [0.29, 0.717) is 18.5 Å². The van der Waals surface area contributed by atoms with E-state index in [1.165, 1.54) is 0 Å². The molecule has 0 aliphatic rings. The molecule has 0 bridgehead atoms. The molecule has 1 aromatic heterocycles. The molecule has 6 heteroatoms. The Balaban J connectivity index is 2.77. The van der Waals surface area contributed by atoms with Crippen LogP contribution in [0.5, 0.6) is 0 Å². The number of aliphatic hydroxyl groups excluding tert-OH is 1. The normalized spacial score (nSPS) is 13.1. The molecular weight excluding hydrogens is 220 g/mol. The molecule has 0 aliphatic heterocycles. The second-order valence-corrected chi connectivity index (χ2v) is 4.21. The number of aromatic nitrogens is 2. The summed E-state index contributed by atoms with van der Waals surface area (Å²) < 4.78 is 5.60. The van der Waals surface area contributed by atoms with Crippen molar-refractivity contribution in [1.82, 2.24) is 15.5 Å². The molecule has 0 aromatic carbocycles. The molecule has 0 fully saturated rings. The van der Waals surface area contributed by atoms with E-state index in [2.05, 4.69) is 15.5 Å². The van der Waals surface area contributed by atoms with Crippen LogP contribution in [0.1, 0.15) is 39.6 Å². The number of aliphatic hydroxyl groups is 1. The standard InChI is InChI=1S/C11H22N4O2/c1-5-12-9(4)10-13-14-11(17-10)15(6-7-16)8(2)3/h8-9,12,16H,5-7H2,1-4H3. The maximum atomic E-state index is 9.00. The van der Waals surface area contributed by atoms with Crippen molar-refractivity contribution in [3.8, 4) is 0 Å². The first-order chi connectivity index (χ1) is 8.10. The van der Waals surface area contributed by atoms with E-state index in [9.17, 15) is 0 Å². The predicted molar refractivity (Wildman–Crippen MR) is 66.0 cm³/mol. The van der Waals surface area contributed by atoms with E-state index in [0.717, 1.165) is 6.54 Å². The molecule has 0 radical (unpaired) electrons. The number of anilines is 1. The van der Waals surface area contributed by atoms with Gasteiger partial charge in [-0.3, -0.25) is 0 Å². The minimum Gasteiger partial charge on any atom is -0.406 e. The Morgan fingerprint density at radius 1 is 1.35 bits per heavy atom. The quantitative estimate of drug-likeness (QED) is 0.741. The van der Waals surface area contributed by atoms with Crippen molar-refractivity contribution in [2.24, 2.45) is 0 Å². The van der Waals surface area contributed by atoms with Gasteiger partial charge in [0.1, 0.15) is 0 Å². The maximum Gasteiger partial charge on any atom is 0.318 e. The summed E-state index contributed by atoms with van der Waals surface area (Å²) in [5, 5.41) is 20.2. The van der Waals surface area contributed by atoms with Gasteiger partial charge < -0.3 is 19.7 Å². The van der Waals surface area contributed by atoms with Gasteiger partial charge in [-0.1, -0.05) is 12.0 Å². The van der Waals surface area contributed by atoms with Crippen LogP contribution < -0.4 is 10.2 Å². The van der Waals surface area contributed by atoms with Crippen LogP contribution >= 0.6 is 0 Å². The average molecular weight is 242 g/mol. The van der Waals surface area contributed by atoms with Crippen LogP contribution in [0.2, 0.25) is 0 Å². The molecule has 0 saturated heterocycles. The van der Waals surface area contributed by atoms with Crippen molar-refractivity contribution >= 4 is 6.01 Å². The molecule has 98 valence electrons. The number of nitrogens with zero attached hydrogens (tertiary/aromatic N) is 3. The largest absolute Gasteiger partial charge is 0.406 e. The lowest BCUT2D eigenvalue weighted by Gasteiger charge is -2.23. The zero-order valence-corrected chi connectivity index (χ0v) is 11.0. The minimum atomic E-state index is 0.0457. The zero-order chi connectivity index (χ0) is 12.8. The van der Waals surface area contributed by atoms with Gasteiger partial charge in [0, 0.05) is 12.6 Å². The van der Waals surface area contributed by atoms with Gasteiger partial charge in [0.25, 0.3) is 0 Å². The first-order valence-electron chi connectivity index (χ1n) is 6.04. The van der Waals surface area contributed by atoms with Crippen LogP contribution in [0.3, 0.4) is 0 Å². The summed E-state index contributed by atoms with van der Waals surface area (Å²) in [6.45, 7) is 9.46. The van der Waals surface area contributed by atoms with E-state index >= 15 is 0 Å². The Kier molecular flexibility index (Phi) is 5.37. The Morgan fingerprint density at radius 3 is 2.59 bits per heavy atom. The lowest BCUT2D eigenvalue weighted by molar-refractivity contribution is 0.294. The fraction of sp³-hybridized carbons (Fsp3) is 0.818. The molecule has 1 heterocycles. The molecule has 0 saturated carbocycles. The van der Waals surface area contributed by atoms with Gasteiger partial charge in [-0.25, -0.2) is 0 Å². The molecule has 0 spiro atoms. The molecule has 17 heavy (non-hydrogen) atoms. The summed E-state index contributed by atoms with van der Waals surface area (Å²) in [5.74, 6) is 0.574. The number of nitrogens with one attached hydrogen (secondary N) is 1. The van der Waals surface area contributed by atoms with Crippen molar-refractivity contribution in [3.63, 3.8) is 0 Å². The molecule has 1 rings (SSSR count). The van der Waals surface area contributed by atoms with Crippen molar-refractivity contribution in [1.29, 1.82) is 0 Å². The molecule has 0 amide bonds. The fourth-order valence-electron chi connectivity index (χ4n) is 1.59. The van der Waals surface area contributed by atoms with Crippen LogP contribution in [0.25, 0.3) is 0 Å². The van der Waals surface area contributed by atoms with Gasteiger partial charge in [-0.15, -0.1) is 5.10 Å². The summed E-state index contributed by atoms with van der Waals surface area (Å²) in [7, 11) is 0. The van der Waals surface area contributed by atoms with Crippen LogP contribution in [-0.4, -0.2) is 41.0 Å².